The van der Waals surface area contributed by atoms with Crippen LogP contribution in [-0.2, 0) is 12.8 Å². The van der Waals surface area contributed by atoms with Gasteiger partial charge in [0.15, 0.2) is 11.8 Å². The van der Waals surface area contributed by atoms with Crippen LogP contribution >= 0.6 is 39.9 Å². The second kappa shape index (κ2) is 13.1. The molecule has 1 heterocycles. The molecule has 0 spiro atoms. The number of rotatable bonds is 9. The zero-order valence-electron chi connectivity index (χ0n) is 17.0. The van der Waals surface area contributed by atoms with E-state index in [4.69, 9.17) is 4.52 Å². The summed E-state index contributed by atoms with van der Waals surface area (Å²) in [5.41, 5.74) is 1.35. The second-order valence-electron chi connectivity index (χ2n) is 6.94. The molecule has 1 unspecified atom stereocenters. The SMILES string of the molecule is CCC(CNC(=NC)NCCc1nc(C(C)C)no1)Cc1cccc(Br)c1.I. The number of halogens is 2. The van der Waals surface area contributed by atoms with Crippen LogP contribution in [0.25, 0.3) is 0 Å². The smallest absolute Gasteiger partial charge is 0.228 e. The van der Waals surface area contributed by atoms with Crippen molar-refractivity contribution in [2.45, 2.75) is 46.0 Å². The average molecular weight is 564 g/mol. The van der Waals surface area contributed by atoms with Gasteiger partial charge in [-0.15, -0.1) is 24.0 Å². The molecule has 28 heavy (non-hydrogen) atoms. The molecule has 0 bridgehead atoms. The van der Waals surface area contributed by atoms with Crippen LogP contribution in [0.15, 0.2) is 38.3 Å². The summed E-state index contributed by atoms with van der Waals surface area (Å²) < 4.78 is 6.39. The summed E-state index contributed by atoms with van der Waals surface area (Å²) in [5.74, 6) is 3.03. The summed E-state index contributed by atoms with van der Waals surface area (Å²) in [6.45, 7) is 7.90. The Hall–Kier alpha value is -1.16. The van der Waals surface area contributed by atoms with Crippen LogP contribution in [0.1, 0.15) is 50.4 Å². The average Bonchev–Trinajstić information content (AvgIpc) is 3.12. The van der Waals surface area contributed by atoms with Gasteiger partial charge in [0.05, 0.1) is 0 Å². The Morgan fingerprint density at radius 2 is 2.07 bits per heavy atom. The minimum atomic E-state index is 0. The molecule has 2 N–H and O–H groups in total. The van der Waals surface area contributed by atoms with E-state index in [0.29, 0.717) is 24.8 Å². The molecule has 1 aromatic heterocycles. The Morgan fingerprint density at radius 3 is 2.68 bits per heavy atom. The zero-order valence-corrected chi connectivity index (χ0v) is 21.0. The predicted octanol–water partition coefficient (Wildman–Crippen LogP) is 4.55. The number of nitrogens with one attached hydrogen (secondary N) is 2. The molecular weight excluding hydrogens is 533 g/mol. The van der Waals surface area contributed by atoms with E-state index < -0.39 is 0 Å². The van der Waals surface area contributed by atoms with Gasteiger partial charge in [-0.3, -0.25) is 4.99 Å². The summed E-state index contributed by atoms with van der Waals surface area (Å²) in [6, 6.07) is 8.51. The highest BCUT2D eigenvalue weighted by atomic mass is 127. The van der Waals surface area contributed by atoms with Crippen molar-refractivity contribution in [1.82, 2.24) is 20.8 Å². The van der Waals surface area contributed by atoms with Crippen molar-refractivity contribution in [3.63, 3.8) is 0 Å². The Kier molecular flexibility index (Phi) is 11.7. The number of guanidine groups is 1. The summed E-state index contributed by atoms with van der Waals surface area (Å²) in [6.07, 6.45) is 2.83. The van der Waals surface area contributed by atoms with Crippen LogP contribution in [-0.4, -0.2) is 36.2 Å². The third-order valence-electron chi connectivity index (χ3n) is 4.40. The van der Waals surface area contributed by atoms with Crippen molar-refractivity contribution in [1.29, 1.82) is 0 Å². The largest absolute Gasteiger partial charge is 0.356 e. The summed E-state index contributed by atoms with van der Waals surface area (Å²) >= 11 is 3.54. The predicted molar refractivity (Wildman–Crippen MR) is 128 cm³/mol. The first-order valence-electron chi connectivity index (χ1n) is 9.53. The van der Waals surface area contributed by atoms with Crippen LogP contribution in [0.4, 0.5) is 0 Å². The number of aromatic nitrogens is 2. The van der Waals surface area contributed by atoms with Crippen LogP contribution in [0.5, 0.6) is 0 Å². The molecule has 1 atom stereocenters. The lowest BCUT2D eigenvalue weighted by Gasteiger charge is -2.18. The molecule has 0 aliphatic carbocycles. The van der Waals surface area contributed by atoms with Crippen molar-refractivity contribution in [3.8, 4) is 0 Å². The van der Waals surface area contributed by atoms with E-state index in [9.17, 15) is 0 Å². The van der Waals surface area contributed by atoms with Crippen molar-refractivity contribution in [3.05, 3.63) is 46.0 Å². The highest BCUT2D eigenvalue weighted by Gasteiger charge is 2.11. The van der Waals surface area contributed by atoms with Gasteiger partial charge in [-0.05, 0) is 30.0 Å². The lowest BCUT2D eigenvalue weighted by atomic mass is 9.97. The van der Waals surface area contributed by atoms with Crippen molar-refractivity contribution >= 4 is 45.9 Å². The molecule has 0 saturated carbocycles. The van der Waals surface area contributed by atoms with Crippen LogP contribution in [0, 0.1) is 5.92 Å². The fourth-order valence-electron chi connectivity index (χ4n) is 2.71. The Morgan fingerprint density at radius 1 is 1.29 bits per heavy atom. The lowest BCUT2D eigenvalue weighted by molar-refractivity contribution is 0.371. The minimum Gasteiger partial charge on any atom is -0.356 e. The van der Waals surface area contributed by atoms with E-state index in [0.717, 1.165) is 35.6 Å². The van der Waals surface area contributed by atoms with Crippen molar-refractivity contribution in [2.24, 2.45) is 10.9 Å². The normalized spacial score (nSPS) is 12.6. The van der Waals surface area contributed by atoms with Gasteiger partial charge >= 0.3 is 0 Å². The number of hydrogen-bond donors (Lipinski definition) is 2. The number of aliphatic imine (C=N–C) groups is 1. The van der Waals surface area contributed by atoms with Crippen LogP contribution < -0.4 is 10.6 Å². The van der Waals surface area contributed by atoms with E-state index in [-0.39, 0.29) is 29.9 Å². The fourth-order valence-corrected chi connectivity index (χ4v) is 3.16. The van der Waals surface area contributed by atoms with E-state index in [1.807, 2.05) is 0 Å². The molecule has 0 aliphatic rings. The first-order valence-corrected chi connectivity index (χ1v) is 10.3. The first-order chi connectivity index (χ1) is 13.0. The van der Waals surface area contributed by atoms with Gasteiger partial charge in [-0.2, -0.15) is 4.98 Å². The van der Waals surface area contributed by atoms with Gasteiger partial charge in [-0.1, -0.05) is 60.4 Å². The molecule has 0 saturated heterocycles. The molecular formula is C20H31BrIN5O. The summed E-state index contributed by atoms with van der Waals surface area (Å²) in [5, 5.41) is 10.7. The Balaban J connectivity index is 0.00000392. The molecule has 8 heteroatoms. The molecule has 0 fully saturated rings. The maximum absolute atomic E-state index is 5.27. The minimum absolute atomic E-state index is 0. The first kappa shape index (κ1) is 24.9. The van der Waals surface area contributed by atoms with Gasteiger partial charge < -0.3 is 15.2 Å². The van der Waals surface area contributed by atoms with Gasteiger partial charge in [-0.25, -0.2) is 0 Å². The summed E-state index contributed by atoms with van der Waals surface area (Å²) in [4.78, 5) is 8.69. The van der Waals surface area contributed by atoms with Crippen molar-refractivity contribution in [2.75, 3.05) is 20.1 Å². The van der Waals surface area contributed by atoms with Gasteiger partial charge in [0.25, 0.3) is 0 Å². The molecule has 2 rings (SSSR count). The van der Waals surface area contributed by atoms with Gasteiger partial charge in [0.1, 0.15) is 0 Å². The summed E-state index contributed by atoms with van der Waals surface area (Å²) in [7, 11) is 1.79. The van der Waals surface area contributed by atoms with Crippen LogP contribution in [0.3, 0.4) is 0 Å². The third-order valence-corrected chi connectivity index (χ3v) is 4.90. The highest BCUT2D eigenvalue weighted by Crippen LogP contribution is 2.16. The standard InChI is InChI=1S/C20H30BrN5O.HI/c1-5-15(11-16-7-6-8-17(21)12-16)13-24-20(22-4)23-10-9-18-25-19(14(2)3)26-27-18;/h6-8,12,14-15H,5,9-11,13H2,1-4H3,(H2,22,23,24);1H. The quantitative estimate of drug-likeness (QED) is 0.266. The molecule has 0 amide bonds. The molecule has 6 nitrogen and oxygen atoms in total. The Bertz CT molecular complexity index is 735. The maximum Gasteiger partial charge on any atom is 0.228 e. The number of benzene rings is 1. The zero-order chi connectivity index (χ0) is 19.6. The molecule has 156 valence electrons. The van der Waals surface area contributed by atoms with E-state index in [1.165, 1.54) is 5.56 Å². The van der Waals surface area contributed by atoms with Gasteiger partial charge in [0.2, 0.25) is 5.89 Å². The molecule has 0 aliphatic heterocycles. The highest BCUT2D eigenvalue weighted by molar-refractivity contribution is 14.0. The molecule has 1 aromatic carbocycles. The van der Waals surface area contributed by atoms with Gasteiger partial charge in [0, 0.05) is 36.9 Å². The third kappa shape index (κ3) is 8.46. The Labute approximate surface area is 193 Å². The fraction of sp³-hybridized carbons (Fsp3) is 0.550. The number of hydrogen-bond acceptors (Lipinski definition) is 4. The van der Waals surface area contributed by atoms with E-state index in [1.54, 1.807) is 7.05 Å². The van der Waals surface area contributed by atoms with E-state index >= 15 is 0 Å². The number of nitrogens with zero attached hydrogens (tertiary/aromatic N) is 3. The van der Waals surface area contributed by atoms with E-state index in [2.05, 4.69) is 86.7 Å². The monoisotopic (exact) mass is 563 g/mol. The topological polar surface area (TPSA) is 75.3 Å². The second-order valence-corrected chi connectivity index (χ2v) is 7.85. The van der Waals surface area contributed by atoms with Crippen LogP contribution in [0.2, 0.25) is 0 Å². The lowest BCUT2D eigenvalue weighted by Crippen LogP contribution is -2.40. The maximum atomic E-state index is 5.27. The molecule has 0 radical (unpaired) electrons. The van der Waals surface area contributed by atoms with Crippen molar-refractivity contribution < 1.29 is 4.52 Å². The molecule has 2 aromatic rings.